The minimum atomic E-state index is -0.398. The van der Waals surface area contributed by atoms with Gasteiger partial charge in [-0.1, -0.05) is 35.9 Å². The molecule has 2 amide bonds. The molecule has 2 N–H and O–H groups in total. The Balaban J connectivity index is 1.68. The first kappa shape index (κ1) is 16.7. The fourth-order valence-electron chi connectivity index (χ4n) is 3.46. The van der Waals surface area contributed by atoms with Crippen molar-refractivity contribution >= 4 is 23.4 Å². The number of fused-ring (bicyclic) bond motifs is 3. The molecule has 132 valence electrons. The Kier molecular flexibility index (Phi) is 3.96. The zero-order valence-electron chi connectivity index (χ0n) is 14.2. The van der Waals surface area contributed by atoms with Crippen LogP contribution in [0.25, 0.3) is 0 Å². The van der Waals surface area contributed by atoms with Gasteiger partial charge in [0.05, 0.1) is 12.1 Å². The second-order valence-corrected chi connectivity index (χ2v) is 7.03. The molecular weight excluding hydrogens is 352 g/mol. The van der Waals surface area contributed by atoms with E-state index in [1.54, 1.807) is 24.3 Å². The number of aryl methyl sites for hydroxylation is 1. The number of halogens is 1. The molecule has 2 aliphatic rings. The van der Waals surface area contributed by atoms with Crippen molar-refractivity contribution in [3.8, 4) is 5.75 Å². The Morgan fingerprint density at radius 1 is 1.19 bits per heavy atom. The molecule has 2 aromatic carbocycles. The van der Waals surface area contributed by atoms with Crippen molar-refractivity contribution in [2.45, 2.75) is 25.8 Å². The molecule has 2 aliphatic heterocycles. The molecule has 2 heterocycles. The highest BCUT2D eigenvalue weighted by Gasteiger charge is 2.43. The number of likely N-dealkylation sites (tertiary alicyclic amines) is 1. The summed E-state index contributed by atoms with van der Waals surface area (Å²) in [6.07, 6.45) is 0.189. The van der Waals surface area contributed by atoms with Gasteiger partial charge in [0.1, 0.15) is 5.75 Å². The molecule has 0 radical (unpaired) electrons. The van der Waals surface area contributed by atoms with Crippen LogP contribution in [0.15, 0.2) is 53.9 Å². The molecule has 1 saturated heterocycles. The Morgan fingerprint density at radius 3 is 2.65 bits per heavy atom. The van der Waals surface area contributed by atoms with Gasteiger partial charge < -0.3 is 10.5 Å². The highest BCUT2D eigenvalue weighted by atomic mass is 35.5. The molecule has 0 bridgehead atoms. The van der Waals surface area contributed by atoms with E-state index < -0.39 is 5.91 Å². The van der Waals surface area contributed by atoms with Gasteiger partial charge in [-0.2, -0.15) is 0 Å². The lowest BCUT2D eigenvalue weighted by atomic mass is 9.82. The molecule has 1 atom stereocenters. The molecule has 0 aliphatic carbocycles. The van der Waals surface area contributed by atoms with Crippen LogP contribution in [0.5, 0.6) is 5.75 Å². The molecule has 0 aromatic heterocycles. The number of ether oxygens (including phenoxy) is 1. The first-order valence-electron chi connectivity index (χ1n) is 8.31. The lowest BCUT2D eigenvalue weighted by molar-refractivity contribution is -0.146. The van der Waals surface area contributed by atoms with E-state index in [1.807, 2.05) is 25.1 Å². The van der Waals surface area contributed by atoms with E-state index in [4.69, 9.17) is 22.1 Å². The third-order valence-electron chi connectivity index (χ3n) is 4.79. The van der Waals surface area contributed by atoms with Gasteiger partial charge in [0, 0.05) is 22.9 Å². The lowest BCUT2D eigenvalue weighted by Gasteiger charge is -2.36. The predicted octanol–water partition coefficient (Wildman–Crippen LogP) is 3.25. The van der Waals surface area contributed by atoms with Gasteiger partial charge in [0.15, 0.2) is 5.88 Å². The monoisotopic (exact) mass is 368 g/mol. The number of carbonyl (C=O) groups excluding carboxylic acids is 2. The largest absolute Gasteiger partial charge is 0.441 e. The Morgan fingerprint density at radius 2 is 1.92 bits per heavy atom. The first-order valence-corrected chi connectivity index (χ1v) is 8.69. The second-order valence-electron chi connectivity index (χ2n) is 6.59. The normalized spacial score (nSPS) is 19.2. The molecule has 1 unspecified atom stereocenters. The van der Waals surface area contributed by atoms with Crippen LogP contribution in [0.1, 0.15) is 29.0 Å². The number of piperidine rings is 1. The minimum Gasteiger partial charge on any atom is -0.441 e. The van der Waals surface area contributed by atoms with Crippen LogP contribution in [-0.4, -0.2) is 16.7 Å². The van der Waals surface area contributed by atoms with E-state index in [1.165, 1.54) is 4.90 Å². The molecule has 4 rings (SSSR count). The van der Waals surface area contributed by atoms with Gasteiger partial charge in [-0.15, -0.1) is 0 Å². The summed E-state index contributed by atoms with van der Waals surface area (Å²) in [6.45, 7) is 2.13. The van der Waals surface area contributed by atoms with Crippen LogP contribution in [0, 0.1) is 6.92 Å². The van der Waals surface area contributed by atoms with Crippen molar-refractivity contribution in [2.24, 2.45) is 5.73 Å². The molecule has 5 nitrogen and oxygen atoms in total. The molecule has 1 fully saturated rings. The maximum absolute atomic E-state index is 13.0. The Hall–Kier alpha value is -2.79. The van der Waals surface area contributed by atoms with Crippen molar-refractivity contribution in [3.05, 3.63) is 75.6 Å². The van der Waals surface area contributed by atoms with E-state index in [0.29, 0.717) is 16.3 Å². The molecule has 2 aromatic rings. The zero-order chi connectivity index (χ0) is 18.4. The average molecular weight is 369 g/mol. The summed E-state index contributed by atoms with van der Waals surface area (Å²) in [4.78, 5) is 26.9. The topological polar surface area (TPSA) is 72.6 Å². The number of nitrogens with two attached hydrogens (primary N) is 1. The summed E-state index contributed by atoms with van der Waals surface area (Å²) in [6, 6.07) is 12.8. The summed E-state index contributed by atoms with van der Waals surface area (Å²) in [5, 5.41) is 0.602. The summed E-state index contributed by atoms with van der Waals surface area (Å²) in [5.74, 6) is -0.291. The van der Waals surface area contributed by atoms with Crippen molar-refractivity contribution in [1.29, 1.82) is 0 Å². The number of amides is 2. The summed E-state index contributed by atoms with van der Waals surface area (Å²) < 4.78 is 5.68. The maximum Gasteiger partial charge on any atom is 0.262 e. The zero-order valence-corrected chi connectivity index (χ0v) is 14.9. The molecule has 6 heteroatoms. The van der Waals surface area contributed by atoms with E-state index >= 15 is 0 Å². The van der Waals surface area contributed by atoms with Gasteiger partial charge in [-0.05, 0) is 36.2 Å². The van der Waals surface area contributed by atoms with Crippen molar-refractivity contribution < 1.29 is 14.3 Å². The number of imide groups is 1. The standard InChI is InChI=1S/C20H17ClN2O3/c1-11-2-7-14-15-9-17(24)23(10-12-3-5-13(21)6-4-12)20(25)18(15)19(22)26-16(14)8-11/h2-8,15H,9-10,22H2,1H3. The first-order chi connectivity index (χ1) is 12.4. The number of rotatable bonds is 2. The lowest BCUT2D eigenvalue weighted by Crippen LogP contribution is -2.46. The second kappa shape index (κ2) is 6.18. The summed E-state index contributed by atoms with van der Waals surface area (Å²) in [5.41, 5.74) is 9.08. The predicted molar refractivity (Wildman–Crippen MR) is 97.4 cm³/mol. The summed E-state index contributed by atoms with van der Waals surface area (Å²) in [7, 11) is 0. The van der Waals surface area contributed by atoms with Gasteiger partial charge in [0.25, 0.3) is 5.91 Å². The number of hydrogen-bond donors (Lipinski definition) is 1. The van der Waals surface area contributed by atoms with Crippen molar-refractivity contribution in [2.75, 3.05) is 0 Å². The van der Waals surface area contributed by atoms with E-state index in [2.05, 4.69) is 0 Å². The fraction of sp³-hybridized carbons (Fsp3) is 0.200. The number of benzene rings is 2. The van der Waals surface area contributed by atoms with Gasteiger partial charge in [-0.3, -0.25) is 14.5 Å². The van der Waals surface area contributed by atoms with Crippen molar-refractivity contribution in [1.82, 2.24) is 4.90 Å². The Bertz CT molecular complexity index is 950. The molecule has 26 heavy (non-hydrogen) atoms. The highest BCUT2D eigenvalue weighted by molar-refractivity contribution is 6.30. The van der Waals surface area contributed by atoms with Gasteiger partial charge in [-0.25, -0.2) is 0 Å². The van der Waals surface area contributed by atoms with Crippen LogP contribution >= 0.6 is 11.6 Å². The third kappa shape index (κ3) is 2.74. The quantitative estimate of drug-likeness (QED) is 0.826. The van der Waals surface area contributed by atoms with Crippen LogP contribution in [0.3, 0.4) is 0 Å². The minimum absolute atomic E-state index is 0.0757. The third-order valence-corrected chi connectivity index (χ3v) is 5.04. The average Bonchev–Trinajstić information content (AvgIpc) is 2.59. The van der Waals surface area contributed by atoms with Gasteiger partial charge in [0.2, 0.25) is 5.91 Å². The number of nitrogens with zero attached hydrogens (tertiary/aromatic N) is 1. The van der Waals surface area contributed by atoms with E-state index in [-0.39, 0.29) is 30.7 Å². The fourth-order valence-corrected chi connectivity index (χ4v) is 3.59. The smallest absolute Gasteiger partial charge is 0.262 e. The van der Waals surface area contributed by atoms with Crippen LogP contribution < -0.4 is 10.5 Å². The van der Waals surface area contributed by atoms with E-state index in [9.17, 15) is 9.59 Å². The SMILES string of the molecule is Cc1ccc2c(c1)OC(N)=C1C(=O)N(Cc3ccc(Cl)cc3)C(=O)CC12. The number of carbonyl (C=O) groups is 2. The molecule has 0 spiro atoms. The summed E-state index contributed by atoms with van der Waals surface area (Å²) >= 11 is 5.89. The molecular formula is C20H17ClN2O3. The molecule has 0 saturated carbocycles. The maximum atomic E-state index is 13.0. The number of hydrogen-bond acceptors (Lipinski definition) is 4. The van der Waals surface area contributed by atoms with Gasteiger partial charge >= 0.3 is 0 Å². The Labute approximate surface area is 156 Å². The van der Waals surface area contributed by atoms with Crippen LogP contribution in [0.2, 0.25) is 5.02 Å². The van der Waals surface area contributed by atoms with Crippen molar-refractivity contribution in [3.63, 3.8) is 0 Å². The van der Waals surface area contributed by atoms with Crippen LogP contribution in [0.4, 0.5) is 0 Å². The highest BCUT2D eigenvalue weighted by Crippen LogP contribution is 2.43. The van der Waals surface area contributed by atoms with E-state index in [0.717, 1.165) is 16.7 Å². The van der Waals surface area contributed by atoms with Crippen LogP contribution in [-0.2, 0) is 16.1 Å².